The number of anilines is 1. The average molecular weight is 508 g/mol. The lowest BCUT2D eigenvalue weighted by Gasteiger charge is -2.18. The summed E-state index contributed by atoms with van der Waals surface area (Å²) in [5.74, 6) is 2.37. The van der Waals surface area contributed by atoms with Crippen molar-refractivity contribution in [2.75, 3.05) is 25.1 Å². The molecule has 0 saturated heterocycles. The molecule has 11 heteroatoms. The summed E-state index contributed by atoms with van der Waals surface area (Å²) in [6.45, 7) is 5.47. The Kier molecular flexibility index (Phi) is 6.82. The first-order valence-corrected chi connectivity index (χ1v) is 11.9. The highest BCUT2D eigenvalue weighted by Crippen LogP contribution is 2.35. The third-order valence-electron chi connectivity index (χ3n) is 5.93. The lowest BCUT2D eigenvalue weighted by Crippen LogP contribution is -2.29. The van der Waals surface area contributed by atoms with Gasteiger partial charge in [-0.15, -0.1) is 0 Å². The van der Waals surface area contributed by atoms with Crippen LogP contribution in [0, 0.1) is 13.8 Å². The second-order valence-electron chi connectivity index (χ2n) is 8.60. The maximum atomic E-state index is 10.0. The SMILES string of the molecule is CNC[C@@H](O)COc1ccc(Cl)c(-c2nc(-c3c(C)noc3C)cc(N3Cc4nccnc4C3)n2)c1. The van der Waals surface area contributed by atoms with Crippen LogP contribution in [0.2, 0.25) is 5.02 Å². The summed E-state index contributed by atoms with van der Waals surface area (Å²) in [6.07, 6.45) is 2.75. The molecule has 0 radical (unpaired) electrons. The fraction of sp³-hybridized carbons (Fsp3) is 0.320. The minimum Gasteiger partial charge on any atom is -0.491 e. The van der Waals surface area contributed by atoms with Crippen LogP contribution < -0.4 is 15.0 Å². The molecule has 0 amide bonds. The molecule has 0 unspecified atom stereocenters. The first-order chi connectivity index (χ1) is 17.4. The summed E-state index contributed by atoms with van der Waals surface area (Å²) in [4.78, 5) is 20.7. The van der Waals surface area contributed by atoms with Crippen molar-refractivity contribution in [1.82, 2.24) is 30.4 Å². The van der Waals surface area contributed by atoms with Gasteiger partial charge >= 0.3 is 0 Å². The second-order valence-corrected chi connectivity index (χ2v) is 9.01. The topological polar surface area (TPSA) is 122 Å². The number of nitrogens with one attached hydrogen (secondary N) is 1. The van der Waals surface area contributed by atoms with Gasteiger partial charge in [-0.05, 0) is 39.1 Å². The van der Waals surface area contributed by atoms with Crippen molar-refractivity contribution in [2.24, 2.45) is 0 Å². The van der Waals surface area contributed by atoms with Crippen molar-refractivity contribution >= 4 is 17.4 Å². The Labute approximate surface area is 213 Å². The normalized spacial score (nSPS) is 13.6. The Morgan fingerprint density at radius 2 is 1.89 bits per heavy atom. The monoisotopic (exact) mass is 507 g/mol. The number of halogens is 1. The largest absolute Gasteiger partial charge is 0.491 e. The number of ether oxygens (including phenoxy) is 1. The van der Waals surface area contributed by atoms with Crippen LogP contribution in [0.15, 0.2) is 41.2 Å². The van der Waals surface area contributed by atoms with E-state index in [-0.39, 0.29) is 6.61 Å². The maximum absolute atomic E-state index is 10.0. The molecule has 10 nitrogen and oxygen atoms in total. The van der Waals surface area contributed by atoms with E-state index in [9.17, 15) is 5.11 Å². The molecule has 186 valence electrons. The van der Waals surface area contributed by atoms with Gasteiger partial charge in [-0.25, -0.2) is 9.97 Å². The van der Waals surface area contributed by atoms with Crippen LogP contribution in [0.4, 0.5) is 5.82 Å². The number of benzene rings is 1. The van der Waals surface area contributed by atoms with Gasteiger partial charge in [-0.2, -0.15) is 0 Å². The third-order valence-corrected chi connectivity index (χ3v) is 6.26. The molecule has 36 heavy (non-hydrogen) atoms. The Hall–Kier alpha value is -3.60. The van der Waals surface area contributed by atoms with Crippen LogP contribution in [0.3, 0.4) is 0 Å². The number of aromatic nitrogens is 5. The summed E-state index contributed by atoms with van der Waals surface area (Å²) < 4.78 is 11.2. The van der Waals surface area contributed by atoms with Crippen molar-refractivity contribution in [1.29, 1.82) is 0 Å². The summed E-state index contributed by atoms with van der Waals surface area (Å²) in [5, 5.41) is 17.5. The van der Waals surface area contributed by atoms with Crippen LogP contribution in [-0.2, 0) is 13.1 Å². The molecule has 1 aromatic carbocycles. The van der Waals surface area contributed by atoms with Crippen LogP contribution in [0.25, 0.3) is 22.6 Å². The molecule has 0 spiro atoms. The molecular formula is C25H26ClN7O3. The quantitative estimate of drug-likeness (QED) is 0.367. The van der Waals surface area contributed by atoms with E-state index in [2.05, 4.69) is 25.3 Å². The molecule has 3 aromatic heterocycles. The molecule has 0 bridgehead atoms. The number of aliphatic hydroxyl groups is 1. The Balaban J connectivity index is 1.56. The van der Waals surface area contributed by atoms with E-state index in [1.807, 2.05) is 19.9 Å². The molecule has 0 saturated carbocycles. The zero-order chi connectivity index (χ0) is 25.2. The van der Waals surface area contributed by atoms with Crippen molar-refractivity contribution in [2.45, 2.75) is 33.0 Å². The van der Waals surface area contributed by atoms with E-state index in [1.54, 1.807) is 37.6 Å². The van der Waals surface area contributed by atoms with Gasteiger partial charge in [0.25, 0.3) is 0 Å². The molecule has 1 aliphatic rings. The lowest BCUT2D eigenvalue weighted by molar-refractivity contribution is 0.108. The van der Waals surface area contributed by atoms with Gasteiger partial charge in [-0.1, -0.05) is 16.8 Å². The molecule has 0 fully saturated rings. The third kappa shape index (κ3) is 4.88. The first kappa shape index (κ1) is 24.1. The molecule has 4 heterocycles. The van der Waals surface area contributed by atoms with E-state index < -0.39 is 6.10 Å². The van der Waals surface area contributed by atoms with Gasteiger partial charge in [-0.3, -0.25) is 9.97 Å². The minimum atomic E-state index is -0.640. The van der Waals surface area contributed by atoms with Crippen molar-refractivity contribution in [3.05, 3.63) is 64.5 Å². The number of aryl methyl sites for hydroxylation is 2. The second kappa shape index (κ2) is 10.2. The summed E-state index contributed by atoms with van der Waals surface area (Å²) in [7, 11) is 1.77. The van der Waals surface area contributed by atoms with E-state index in [0.717, 1.165) is 22.6 Å². The standard InChI is InChI=1S/C25H26ClN7O3/c1-14-24(15(2)36-32-14)20-9-23(33-11-21-22(12-33)29-7-6-28-21)31-25(30-20)18-8-17(4-5-19(18)26)35-13-16(34)10-27-3/h4-9,16,27,34H,10-13H2,1-3H3/t16-/m1/s1. The number of rotatable bonds is 8. The van der Waals surface area contributed by atoms with Crippen LogP contribution in [0.1, 0.15) is 22.8 Å². The molecule has 0 aliphatic carbocycles. The molecule has 1 aliphatic heterocycles. The number of hydrogen-bond donors (Lipinski definition) is 2. The summed E-state index contributed by atoms with van der Waals surface area (Å²) in [6, 6.07) is 7.20. The fourth-order valence-electron chi connectivity index (χ4n) is 4.19. The van der Waals surface area contributed by atoms with Gasteiger partial charge in [0.05, 0.1) is 46.5 Å². The molecular weight excluding hydrogens is 482 g/mol. The Bertz CT molecular complexity index is 1350. The van der Waals surface area contributed by atoms with Crippen LogP contribution in [-0.4, -0.2) is 56.5 Å². The van der Waals surface area contributed by atoms with Gasteiger partial charge < -0.3 is 24.6 Å². The summed E-state index contributed by atoms with van der Waals surface area (Å²) >= 11 is 6.61. The number of fused-ring (bicyclic) bond motifs is 1. The smallest absolute Gasteiger partial charge is 0.163 e. The van der Waals surface area contributed by atoms with Gasteiger partial charge in [0.1, 0.15) is 30.0 Å². The predicted octanol–water partition coefficient (Wildman–Crippen LogP) is 3.34. The van der Waals surface area contributed by atoms with E-state index in [1.165, 1.54) is 0 Å². The van der Waals surface area contributed by atoms with Crippen molar-refractivity contribution < 1.29 is 14.4 Å². The fourth-order valence-corrected chi connectivity index (χ4v) is 4.39. The first-order valence-electron chi connectivity index (χ1n) is 11.5. The highest BCUT2D eigenvalue weighted by molar-refractivity contribution is 6.33. The highest BCUT2D eigenvalue weighted by Gasteiger charge is 2.25. The van der Waals surface area contributed by atoms with Gasteiger partial charge in [0.2, 0.25) is 0 Å². The number of aliphatic hydroxyl groups excluding tert-OH is 1. The summed E-state index contributed by atoms with van der Waals surface area (Å²) in [5.41, 5.74) is 4.68. The number of nitrogens with zero attached hydrogens (tertiary/aromatic N) is 6. The molecule has 2 N–H and O–H groups in total. The minimum absolute atomic E-state index is 0.138. The molecule has 5 rings (SSSR count). The van der Waals surface area contributed by atoms with Gasteiger partial charge in [0, 0.05) is 30.6 Å². The number of hydrogen-bond acceptors (Lipinski definition) is 10. The van der Waals surface area contributed by atoms with Crippen molar-refractivity contribution in [3.63, 3.8) is 0 Å². The lowest BCUT2D eigenvalue weighted by atomic mass is 10.1. The van der Waals surface area contributed by atoms with Crippen molar-refractivity contribution in [3.8, 4) is 28.4 Å². The predicted molar refractivity (Wildman–Crippen MR) is 135 cm³/mol. The average Bonchev–Trinajstić information content (AvgIpc) is 3.46. The molecule has 4 aromatic rings. The Morgan fingerprint density at radius 3 is 2.56 bits per heavy atom. The van der Waals surface area contributed by atoms with Crippen LogP contribution in [0.5, 0.6) is 5.75 Å². The van der Waals surface area contributed by atoms with E-state index in [4.69, 9.17) is 30.8 Å². The zero-order valence-corrected chi connectivity index (χ0v) is 21.0. The van der Waals surface area contributed by atoms with E-state index in [0.29, 0.717) is 59.1 Å². The maximum Gasteiger partial charge on any atom is 0.163 e. The Morgan fingerprint density at radius 1 is 1.14 bits per heavy atom. The van der Waals surface area contributed by atoms with Gasteiger partial charge in [0.15, 0.2) is 5.82 Å². The highest BCUT2D eigenvalue weighted by atomic mass is 35.5. The number of likely N-dealkylation sites (N-methyl/N-ethyl adjacent to an activating group) is 1. The molecule has 1 atom stereocenters. The van der Waals surface area contributed by atoms with E-state index >= 15 is 0 Å². The van der Waals surface area contributed by atoms with Crippen LogP contribution >= 0.6 is 11.6 Å². The zero-order valence-electron chi connectivity index (χ0n) is 20.2.